The largest absolute Gasteiger partial charge is 0.393 e. The van der Waals surface area contributed by atoms with Crippen molar-refractivity contribution in [3.05, 3.63) is 0 Å². The molecule has 90 valence electrons. The number of nitrogens with two attached hydrogens (primary N) is 1. The van der Waals surface area contributed by atoms with Crippen LogP contribution in [-0.2, 0) is 4.79 Å². The predicted octanol–water partition coefficient (Wildman–Crippen LogP) is 1.26. The van der Waals surface area contributed by atoms with Gasteiger partial charge in [0.15, 0.2) is 0 Å². The van der Waals surface area contributed by atoms with E-state index >= 15 is 0 Å². The fourth-order valence-corrected chi connectivity index (χ4v) is 3.82. The molecule has 5 heteroatoms. The highest BCUT2D eigenvalue weighted by atomic mass is 32.2. The molecule has 0 saturated carbocycles. The third kappa shape index (κ3) is 2.69. The molecule has 2 saturated heterocycles. The predicted molar refractivity (Wildman–Crippen MR) is 71.5 cm³/mol. The summed E-state index contributed by atoms with van der Waals surface area (Å²) in [6.45, 7) is 1.67. The van der Waals surface area contributed by atoms with Gasteiger partial charge in [-0.3, -0.25) is 4.79 Å². The van der Waals surface area contributed by atoms with Gasteiger partial charge in [-0.05, 0) is 25.0 Å². The summed E-state index contributed by atoms with van der Waals surface area (Å²) >= 11 is 6.89. The van der Waals surface area contributed by atoms with Crippen LogP contribution in [0.15, 0.2) is 0 Å². The number of thioether (sulfide) groups is 1. The van der Waals surface area contributed by atoms with E-state index in [4.69, 9.17) is 18.0 Å². The monoisotopic (exact) mass is 258 g/mol. The van der Waals surface area contributed by atoms with Gasteiger partial charge in [0.2, 0.25) is 5.91 Å². The highest BCUT2D eigenvalue weighted by molar-refractivity contribution is 7.99. The van der Waals surface area contributed by atoms with Gasteiger partial charge in [-0.1, -0.05) is 12.2 Å². The first-order valence-corrected chi connectivity index (χ1v) is 7.40. The van der Waals surface area contributed by atoms with E-state index in [2.05, 4.69) is 0 Å². The van der Waals surface area contributed by atoms with E-state index in [9.17, 15) is 4.79 Å². The lowest BCUT2D eigenvalue weighted by molar-refractivity contribution is -0.135. The maximum Gasteiger partial charge on any atom is 0.226 e. The molecule has 0 aromatic heterocycles. The Hall–Kier alpha value is -0.290. The molecular formula is C11H18N2OS2. The number of hydrogen-bond donors (Lipinski definition) is 1. The Labute approximate surface area is 106 Å². The number of carbonyl (C=O) groups is 1. The normalized spacial score (nSPS) is 27.0. The Morgan fingerprint density at radius 2 is 1.94 bits per heavy atom. The quantitative estimate of drug-likeness (QED) is 0.758. The molecule has 0 radical (unpaired) electrons. The fraction of sp³-hybridized carbons (Fsp3) is 0.818. The van der Waals surface area contributed by atoms with Gasteiger partial charge in [0.25, 0.3) is 0 Å². The van der Waals surface area contributed by atoms with E-state index in [1.807, 2.05) is 16.7 Å². The minimum atomic E-state index is 0.270. The van der Waals surface area contributed by atoms with Gasteiger partial charge in [0, 0.05) is 30.7 Å². The van der Waals surface area contributed by atoms with Crippen molar-refractivity contribution in [1.29, 1.82) is 0 Å². The number of nitrogens with zero attached hydrogens (tertiary/aromatic N) is 1. The molecule has 16 heavy (non-hydrogen) atoms. The standard InChI is InChI=1S/C11H18N2OS2/c12-10(15)8-1-4-13(5-2-8)11(14)9-3-6-16-7-9/h8-9H,1-7H2,(H2,12,15). The van der Waals surface area contributed by atoms with Crippen molar-refractivity contribution < 1.29 is 4.79 Å². The molecule has 2 aliphatic heterocycles. The number of rotatable bonds is 2. The smallest absolute Gasteiger partial charge is 0.226 e. The molecule has 1 unspecified atom stereocenters. The number of amides is 1. The maximum atomic E-state index is 12.1. The lowest BCUT2D eigenvalue weighted by atomic mass is 9.95. The van der Waals surface area contributed by atoms with Crippen LogP contribution in [0.25, 0.3) is 0 Å². The average molecular weight is 258 g/mol. The zero-order chi connectivity index (χ0) is 11.5. The lowest BCUT2D eigenvalue weighted by Gasteiger charge is -2.33. The van der Waals surface area contributed by atoms with Crippen molar-refractivity contribution in [2.75, 3.05) is 24.6 Å². The highest BCUT2D eigenvalue weighted by Crippen LogP contribution is 2.27. The summed E-state index contributed by atoms with van der Waals surface area (Å²) in [5.41, 5.74) is 5.64. The van der Waals surface area contributed by atoms with Crippen LogP contribution in [0, 0.1) is 11.8 Å². The molecule has 0 bridgehead atoms. The second-order valence-corrected chi connectivity index (χ2v) is 6.18. The van der Waals surface area contributed by atoms with Gasteiger partial charge in [-0.25, -0.2) is 0 Å². The molecule has 0 aliphatic carbocycles. The molecule has 2 fully saturated rings. The van der Waals surface area contributed by atoms with Gasteiger partial charge in [0.1, 0.15) is 0 Å². The van der Waals surface area contributed by atoms with Gasteiger partial charge in [-0.2, -0.15) is 11.8 Å². The van der Waals surface area contributed by atoms with Crippen LogP contribution in [0.3, 0.4) is 0 Å². The van der Waals surface area contributed by atoms with Crippen molar-refractivity contribution in [2.45, 2.75) is 19.3 Å². The highest BCUT2D eigenvalue weighted by Gasteiger charge is 2.30. The minimum absolute atomic E-state index is 0.270. The Morgan fingerprint density at radius 3 is 2.44 bits per heavy atom. The molecule has 0 spiro atoms. The van der Waals surface area contributed by atoms with Crippen molar-refractivity contribution in [1.82, 2.24) is 4.90 Å². The van der Waals surface area contributed by atoms with E-state index in [0.29, 0.717) is 16.8 Å². The van der Waals surface area contributed by atoms with E-state index in [0.717, 1.165) is 43.9 Å². The number of likely N-dealkylation sites (tertiary alicyclic amines) is 1. The van der Waals surface area contributed by atoms with E-state index in [1.165, 1.54) is 0 Å². The first kappa shape index (κ1) is 12.2. The molecule has 2 rings (SSSR count). The number of carbonyl (C=O) groups excluding carboxylic acids is 1. The SMILES string of the molecule is NC(=S)C1CCN(C(=O)C2CCSC2)CC1. The van der Waals surface area contributed by atoms with Crippen LogP contribution in [-0.4, -0.2) is 40.4 Å². The summed E-state index contributed by atoms with van der Waals surface area (Å²) in [4.78, 5) is 14.7. The van der Waals surface area contributed by atoms with Crippen LogP contribution in [0.1, 0.15) is 19.3 Å². The maximum absolute atomic E-state index is 12.1. The summed E-state index contributed by atoms with van der Waals surface area (Å²) in [6, 6.07) is 0. The van der Waals surface area contributed by atoms with Crippen LogP contribution < -0.4 is 5.73 Å². The van der Waals surface area contributed by atoms with Crippen molar-refractivity contribution in [3.63, 3.8) is 0 Å². The van der Waals surface area contributed by atoms with Crippen LogP contribution in [0.2, 0.25) is 0 Å². The van der Waals surface area contributed by atoms with Gasteiger partial charge in [-0.15, -0.1) is 0 Å². The van der Waals surface area contributed by atoms with Crippen LogP contribution in [0.5, 0.6) is 0 Å². The molecular weight excluding hydrogens is 240 g/mol. The Kier molecular flexibility index (Phi) is 4.08. The molecule has 1 amide bonds. The number of hydrogen-bond acceptors (Lipinski definition) is 3. The van der Waals surface area contributed by atoms with E-state index in [-0.39, 0.29) is 5.92 Å². The van der Waals surface area contributed by atoms with Gasteiger partial charge >= 0.3 is 0 Å². The Balaban J connectivity index is 1.84. The molecule has 2 aliphatic rings. The summed E-state index contributed by atoms with van der Waals surface area (Å²) in [5, 5.41) is 0. The van der Waals surface area contributed by atoms with Crippen molar-refractivity contribution >= 4 is 34.9 Å². The lowest BCUT2D eigenvalue weighted by Crippen LogP contribution is -2.43. The summed E-state index contributed by atoms with van der Waals surface area (Å²) in [5.74, 6) is 3.11. The van der Waals surface area contributed by atoms with Crippen molar-refractivity contribution in [2.24, 2.45) is 17.6 Å². The third-order valence-corrected chi connectivity index (χ3v) is 4.98. The first-order valence-electron chi connectivity index (χ1n) is 5.84. The van der Waals surface area contributed by atoms with Gasteiger partial charge < -0.3 is 10.6 Å². The second-order valence-electron chi connectivity index (χ2n) is 4.56. The van der Waals surface area contributed by atoms with Crippen LogP contribution >= 0.6 is 24.0 Å². The molecule has 2 N–H and O–H groups in total. The van der Waals surface area contributed by atoms with Gasteiger partial charge in [0.05, 0.1) is 4.99 Å². The number of piperidine rings is 1. The molecule has 1 atom stereocenters. The first-order chi connectivity index (χ1) is 7.68. The zero-order valence-corrected chi connectivity index (χ0v) is 11.0. The zero-order valence-electron chi connectivity index (χ0n) is 9.35. The molecule has 2 heterocycles. The minimum Gasteiger partial charge on any atom is -0.393 e. The van der Waals surface area contributed by atoms with E-state index < -0.39 is 0 Å². The fourth-order valence-electron chi connectivity index (χ4n) is 2.37. The third-order valence-electron chi connectivity index (χ3n) is 3.49. The number of thiocarbonyl (C=S) groups is 1. The average Bonchev–Trinajstić information content (AvgIpc) is 2.81. The molecule has 0 aromatic carbocycles. The van der Waals surface area contributed by atoms with Crippen LogP contribution in [0.4, 0.5) is 0 Å². The Morgan fingerprint density at radius 1 is 1.25 bits per heavy atom. The van der Waals surface area contributed by atoms with Crippen molar-refractivity contribution in [3.8, 4) is 0 Å². The summed E-state index contributed by atoms with van der Waals surface area (Å²) in [6.07, 6.45) is 2.95. The van der Waals surface area contributed by atoms with E-state index in [1.54, 1.807) is 0 Å². The summed E-state index contributed by atoms with van der Waals surface area (Å²) in [7, 11) is 0. The topological polar surface area (TPSA) is 46.3 Å². The summed E-state index contributed by atoms with van der Waals surface area (Å²) < 4.78 is 0. The molecule has 3 nitrogen and oxygen atoms in total. The second kappa shape index (κ2) is 5.36. The molecule has 0 aromatic rings. The Bertz CT molecular complexity index is 282.